The molecule has 0 saturated heterocycles. The number of rotatable bonds is 7. The Hall–Kier alpha value is -1.00. The Kier molecular flexibility index (Phi) is 5.28. The van der Waals surface area contributed by atoms with E-state index in [0.29, 0.717) is 12.0 Å². The van der Waals surface area contributed by atoms with Crippen LogP contribution in [0.4, 0.5) is 0 Å². The Labute approximate surface area is 119 Å². The van der Waals surface area contributed by atoms with E-state index in [9.17, 15) is 0 Å². The third-order valence-electron chi connectivity index (χ3n) is 3.56. The molecule has 2 aromatic rings. The van der Waals surface area contributed by atoms with E-state index in [1.54, 1.807) is 0 Å². The first kappa shape index (κ1) is 14.4. The number of thioether (sulfide) groups is 1. The van der Waals surface area contributed by atoms with Gasteiger partial charge in [0.2, 0.25) is 0 Å². The van der Waals surface area contributed by atoms with E-state index in [0.717, 1.165) is 28.5 Å². The van der Waals surface area contributed by atoms with Crippen molar-refractivity contribution in [2.45, 2.75) is 38.4 Å². The van der Waals surface area contributed by atoms with Gasteiger partial charge in [0.25, 0.3) is 0 Å². The molecule has 0 aliphatic rings. The summed E-state index contributed by atoms with van der Waals surface area (Å²) >= 11 is 1.81. The predicted octanol–water partition coefficient (Wildman–Crippen LogP) is 3.68. The van der Waals surface area contributed by atoms with E-state index < -0.39 is 0 Å². The fraction of sp³-hybridized carbons (Fsp3) is 0.533. The van der Waals surface area contributed by atoms with Gasteiger partial charge in [-0.2, -0.15) is 0 Å². The summed E-state index contributed by atoms with van der Waals surface area (Å²) < 4.78 is 0. The van der Waals surface area contributed by atoms with Gasteiger partial charge in [-0.1, -0.05) is 51.1 Å². The van der Waals surface area contributed by atoms with Crippen LogP contribution < -0.4 is 5.32 Å². The fourth-order valence-corrected chi connectivity index (χ4v) is 3.27. The Morgan fingerprint density at radius 1 is 1.32 bits per heavy atom. The molecular formula is C15H23N3S. The van der Waals surface area contributed by atoms with Crippen LogP contribution in [0.1, 0.15) is 27.2 Å². The zero-order valence-corrected chi connectivity index (χ0v) is 12.8. The summed E-state index contributed by atoms with van der Waals surface area (Å²) in [6.45, 7) is 7.75. The minimum Gasteiger partial charge on any atom is -0.333 e. The molecule has 1 aromatic carbocycles. The van der Waals surface area contributed by atoms with Gasteiger partial charge in [-0.3, -0.25) is 0 Å². The van der Waals surface area contributed by atoms with Gasteiger partial charge in [0.05, 0.1) is 11.0 Å². The lowest BCUT2D eigenvalue weighted by Gasteiger charge is -2.22. The summed E-state index contributed by atoms with van der Waals surface area (Å²) in [7, 11) is 0. The SMILES string of the molecule is CCNC(CSc1nc2ccccc2[nH]1)C(C)CC. The van der Waals surface area contributed by atoms with Gasteiger partial charge in [-0.15, -0.1) is 0 Å². The molecule has 0 saturated carbocycles. The highest BCUT2D eigenvalue weighted by Crippen LogP contribution is 2.22. The first-order valence-corrected chi connectivity index (χ1v) is 8.04. The molecule has 4 heteroatoms. The molecule has 2 atom stereocenters. The fourth-order valence-electron chi connectivity index (χ4n) is 2.14. The van der Waals surface area contributed by atoms with Crippen LogP contribution in [-0.2, 0) is 0 Å². The Morgan fingerprint density at radius 2 is 2.11 bits per heavy atom. The Bertz CT molecular complexity index is 476. The third-order valence-corrected chi connectivity index (χ3v) is 4.56. The molecule has 0 fully saturated rings. The van der Waals surface area contributed by atoms with Crippen molar-refractivity contribution in [1.29, 1.82) is 0 Å². The topological polar surface area (TPSA) is 40.7 Å². The summed E-state index contributed by atoms with van der Waals surface area (Å²) in [6, 6.07) is 8.73. The van der Waals surface area contributed by atoms with Crippen LogP contribution in [0.5, 0.6) is 0 Å². The van der Waals surface area contributed by atoms with Crippen molar-refractivity contribution in [3.63, 3.8) is 0 Å². The molecule has 0 spiro atoms. The minimum atomic E-state index is 0.549. The monoisotopic (exact) mass is 277 g/mol. The van der Waals surface area contributed by atoms with Crippen molar-refractivity contribution >= 4 is 22.8 Å². The maximum atomic E-state index is 4.61. The number of fused-ring (bicyclic) bond motifs is 1. The number of aromatic nitrogens is 2. The highest BCUT2D eigenvalue weighted by atomic mass is 32.2. The second-order valence-corrected chi connectivity index (χ2v) is 5.93. The maximum absolute atomic E-state index is 4.61. The van der Waals surface area contributed by atoms with Crippen LogP contribution in [0.15, 0.2) is 29.4 Å². The molecule has 104 valence electrons. The minimum absolute atomic E-state index is 0.549. The van der Waals surface area contributed by atoms with Crippen molar-refractivity contribution in [3.05, 3.63) is 24.3 Å². The average molecular weight is 277 g/mol. The molecule has 0 aliphatic carbocycles. The van der Waals surface area contributed by atoms with Gasteiger partial charge in [-0.05, 0) is 24.6 Å². The van der Waals surface area contributed by atoms with Crippen LogP contribution in [0.2, 0.25) is 0 Å². The van der Waals surface area contributed by atoms with Crippen LogP contribution in [0.3, 0.4) is 0 Å². The molecule has 0 amide bonds. The Balaban J connectivity index is 1.99. The lowest BCUT2D eigenvalue weighted by atomic mass is 10.0. The highest BCUT2D eigenvalue weighted by Gasteiger charge is 2.15. The van der Waals surface area contributed by atoms with E-state index in [1.807, 2.05) is 30.0 Å². The number of benzene rings is 1. The summed E-state index contributed by atoms with van der Waals surface area (Å²) in [5, 5.41) is 4.60. The van der Waals surface area contributed by atoms with E-state index in [4.69, 9.17) is 0 Å². The number of imidazole rings is 1. The van der Waals surface area contributed by atoms with E-state index in [-0.39, 0.29) is 0 Å². The molecule has 0 aliphatic heterocycles. The van der Waals surface area contributed by atoms with Crippen LogP contribution in [-0.4, -0.2) is 28.3 Å². The van der Waals surface area contributed by atoms with Crippen LogP contribution in [0.25, 0.3) is 11.0 Å². The summed E-state index contributed by atoms with van der Waals surface area (Å²) in [5.41, 5.74) is 2.17. The first-order chi connectivity index (χ1) is 9.24. The molecule has 2 unspecified atom stereocenters. The van der Waals surface area contributed by atoms with Crippen LogP contribution >= 0.6 is 11.8 Å². The lowest BCUT2D eigenvalue weighted by molar-refractivity contribution is 0.404. The lowest BCUT2D eigenvalue weighted by Crippen LogP contribution is -2.36. The van der Waals surface area contributed by atoms with E-state index >= 15 is 0 Å². The number of aromatic amines is 1. The molecule has 2 rings (SSSR count). The van der Waals surface area contributed by atoms with Gasteiger partial charge in [0.1, 0.15) is 0 Å². The van der Waals surface area contributed by atoms with Gasteiger partial charge < -0.3 is 10.3 Å². The molecule has 0 bridgehead atoms. The van der Waals surface area contributed by atoms with Crippen molar-refractivity contribution < 1.29 is 0 Å². The van der Waals surface area contributed by atoms with Crippen molar-refractivity contribution in [3.8, 4) is 0 Å². The summed E-state index contributed by atoms with van der Waals surface area (Å²) in [6.07, 6.45) is 1.21. The van der Waals surface area contributed by atoms with Crippen molar-refractivity contribution in [2.24, 2.45) is 5.92 Å². The predicted molar refractivity (Wildman–Crippen MR) is 83.7 cm³/mol. The first-order valence-electron chi connectivity index (χ1n) is 7.05. The molecule has 2 N–H and O–H groups in total. The summed E-state index contributed by atoms with van der Waals surface area (Å²) in [4.78, 5) is 7.98. The molecule has 1 aromatic heterocycles. The van der Waals surface area contributed by atoms with Crippen molar-refractivity contribution in [1.82, 2.24) is 15.3 Å². The molecule has 3 nitrogen and oxygen atoms in total. The van der Waals surface area contributed by atoms with Gasteiger partial charge >= 0.3 is 0 Å². The Morgan fingerprint density at radius 3 is 2.79 bits per heavy atom. The largest absolute Gasteiger partial charge is 0.333 e. The quantitative estimate of drug-likeness (QED) is 0.759. The number of hydrogen-bond acceptors (Lipinski definition) is 3. The van der Waals surface area contributed by atoms with E-state index in [2.05, 4.69) is 42.1 Å². The third kappa shape index (κ3) is 3.74. The number of H-pyrrole nitrogens is 1. The van der Waals surface area contributed by atoms with E-state index in [1.165, 1.54) is 6.42 Å². The summed E-state index contributed by atoms with van der Waals surface area (Å²) in [5.74, 6) is 1.75. The average Bonchev–Trinajstić information content (AvgIpc) is 2.85. The zero-order chi connectivity index (χ0) is 13.7. The van der Waals surface area contributed by atoms with Crippen molar-refractivity contribution in [2.75, 3.05) is 12.3 Å². The maximum Gasteiger partial charge on any atom is 0.166 e. The van der Waals surface area contributed by atoms with Crippen LogP contribution in [0, 0.1) is 5.92 Å². The smallest absolute Gasteiger partial charge is 0.166 e. The number of hydrogen-bond donors (Lipinski definition) is 2. The number of nitrogens with zero attached hydrogens (tertiary/aromatic N) is 1. The van der Waals surface area contributed by atoms with Gasteiger partial charge in [0, 0.05) is 11.8 Å². The second-order valence-electron chi connectivity index (χ2n) is 4.92. The normalized spacial score (nSPS) is 14.7. The highest BCUT2D eigenvalue weighted by molar-refractivity contribution is 7.99. The second kappa shape index (κ2) is 6.96. The molecule has 1 heterocycles. The molecule has 0 radical (unpaired) electrons. The molecular weight excluding hydrogens is 254 g/mol. The van der Waals surface area contributed by atoms with Gasteiger partial charge in [-0.25, -0.2) is 4.98 Å². The standard InChI is InChI=1S/C15H23N3S/c1-4-11(3)14(16-5-2)10-19-15-17-12-8-6-7-9-13(12)18-15/h6-9,11,14,16H,4-5,10H2,1-3H3,(H,17,18). The molecule has 19 heavy (non-hydrogen) atoms. The number of nitrogens with one attached hydrogen (secondary N) is 2. The van der Waals surface area contributed by atoms with Gasteiger partial charge in [0.15, 0.2) is 5.16 Å². The zero-order valence-electron chi connectivity index (χ0n) is 11.9. The number of para-hydroxylation sites is 2.